The van der Waals surface area contributed by atoms with Crippen LogP contribution in [-0.4, -0.2) is 30.2 Å². The molecule has 0 radical (unpaired) electrons. The molecular formula is C14H14ClF3N4O. The lowest BCUT2D eigenvalue weighted by Crippen LogP contribution is -2.11. The van der Waals surface area contributed by atoms with Crippen molar-refractivity contribution in [2.24, 2.45) is 0 Å². The summed E-state index contributed by atoms with van der Waals surface area (Å²) in [5, 5.41) is 5.61. The number of methoxy groups -OCH3 is 1. The zero-order chi connectivity index (χ0) is 16.9. The second-order valence-electron chi connectivity index (χ2n) is 4.52. The molecule has 9 heteroatoms. The molecule has 1 heterocycles. The van der Waals surface area contributed by atoms with Crippen LogP contribution < -0.4 is 10.6 Å². The highest BCUT2D eigenvalue weighted by Gasteiger charge is 2.33. The van der Waals surface area contributed by atoms with Gasteiger partial charge < -0.3 is 15.4 Å². The maximum absolute atomic E-state index is 13.1. The molecule has 0 amide bonds. The van der Waals surface area contributed by atoms with Crippen LogP contribution in [0, 0.1) is 0 Å². The fourth-order valence-electron chi connectivity index (χ4n) is 1.80. The maximum atomic E-state index is 13.1. The van der Waals surface area contributed by atoms with Crippen molar-refractivity contribution in [1.82, 2.24) is 9.97 Å². The maximum Gasteiger partial charge on any atom is 0.418 e. The molecule has 2 aromatic rings. The third-order valence-electron chi connectivity index (χ3n) is 2.83. The van der Waals surface area contributed by atoms with E-state index in [0.29, 0.717) is 19.0 Å². The molecule has 0 atom stereocenters. The number of benzene rings is 1. The van der Waals surface area contributed by atoms with Gasteiger partial charge in [0.15, 0.2) is 0 Å². The van der Waals surface area contributed by atoms with Crippen LogP contribution in [0.1, 0.15) is 5.56 Å². The summed E-state index contributed by atoms with van der Waals surface area (Å²) in [6.45, 7) is 0.990. The predicted molar refractivity (Wildman–Crippen MR) is 82.1 cm³/mol. The minimum Gasteiger partial charge on any atom is -0.383 e. The van der Waals surface area contributed by atoms with Crippen molar-refractivity contribution in [3.8, 4) is 0 Å². The van der Waals surface area contributed by atoms with E-state index < -0.39 is 11.7 Å². The van der Waals surface area contributed by atoms with Crippen LogP contribution in [0.4, 0.5) is 30.5 Å². The van der Waals surface area contributed by atoms with E-state index in [1.807, 2.05) is 0 Å². The molecule has 0 aliphatic heterocycles. The molecule has 0 unspecified atom stereocenters. The van der Waals surface area contributed by atoms with Crippen LogP contribution in [0.15, 0.2) is 30.6 Å². The van der Waals surface area contributed by atoms with Gasteiger partial charge in [-0.1, -0.05) is 11.6 Å². The average Bonchev–Trinajstić information content (AvgIpc) is 2.49. The van der Waals surface area contributed by atoms with E-state index in [0.717, 1.165) is 6.07 Å². The Labute approximate surface area is 135 Å². The van der Waals surface area contributed by atoms with E-state index in [1.165, 1.54) is 24.5 Å². The lowest BCUT2D eigenvalue weighted by molar-refractivity contribution is -0.136. The van der Waals surface area contributed by atoms with E-state index in [4.69, 9.17) is 16.3 Å². The van der Waals surface area contributed by atoms with Gasteiger partial charge in [0.05, 0.1) is 17.9 Å². The Morgan fingerprint density at radius 1 is 1.17 bits per heavy atom. The molecule has 0 bridgehead atoms. The summed E-state index contributed by atoms with van der Waals surface area (Å²) in [5.74, 6) is 0.704. The van der Waals surface area contributed by atoms with Crippen LogP contribution in [0.25, 0.3) is 0 Å². The summed E-state index contributed by atoms with van der Waals surface area (Å²) in [6.07, 6.45) is -3.28. The van der Waals surface area contributed by atoms with Crippen molar-refractivity contribution >= 4 is 28.9 Å². The molecule has 124 valence electrons. The lowest BCUT2D eigenvalue weighted by atomic mass is 10.1. The second kappa shape index (κ2) is 7.47. The van der Waals surface area contributed by atoms with Gasteiger partial charge in [0, 0.05) is 24.7 Å². The zero-order valence-corrected chi connectivity index (χ0v) is 12.9. The molecule has 2 N–H and O–H groups in total. The van der Waals surface area contributed by atoms with Crippen LogP contribution in [0.2, 0.25) is 5.02 Å². The number of hydrogen-bond donors (Lipinski definition) is 2. The topological polar surface area (TPSA) is 59.1 Å². The van der Waals surface area contributed by atoms with Gasteiger partial charge in [-0.15, -0.1) is 0 Å². The van der Waals surface area contributed by atoms with Crippen molar-refractivity contribution < 1.29 is 17.9 Å². The largest absolute Gasteiger partial charge is 0.418 e. The van der Waals surface area contributed by atoms with E-state index in [-0.39, 0.29) is 16.5 Å². The Morgan fingerprint density at radius 2 is 1.91 bits per heavy atom. The fraction of sp³-hybridized carbons (Fsp3) is 0.286. The van der Waals surface area contributed by atoms with Crippen molar-refractivity contribution in [3.63, 3.8) is 0 Å². The monoisotopic (exact) mass is 346 g/mol. The first kappa shape index (κ1) is 17.3. The standard InChI is InChI=1S/C14H14ClF3N4O/c1-23-5-4-19-12-7-13(21-8-20-12)22-11-3-2-9(15)6-10(11)14(16,17)18/h2-3,6-8H,4-5H2,1H3,(H2,19,20,21,22). The second-order valence-corrected chi connectivity index (χ2v) is 4.96. The molecule has 0 saturated heterocycles. The van der Waals surface area contributed by atoms with Crippen LogP contribution in [0.5, 0.6) is 0 Å². The van der Waals surface area contributed by atoms with Gasteiger partial charge in [0.2, 0.25) is 0 Å². The van der Waals surface area contributed by atoms with E-state index in [2.05, 4.69) is 20.6 Å². The van der Waals surface area contributed by atoms with Gasteiger partial charge in [-0.25, -0.2) is 9.97 Å². The number of anilines is 3. The highest BCUT2D eigenvalue weighted by molar-refractivity contribution is 6.30. The minimum absolute atomic E-state index is 0.00693. The number of alkyl halides is 3. The Hall–Kier alpha value is -2.06. The summed E-state index contributed by atoms with van der Waals surface area (Å²) in [7, 11) is 1.56. The molecule has 1 aromatic carbocycles. The van der Waals surface area contributed by atoms with E-state index in [1.54, 1.807) is 7.11 Å². The number of hydrogen-bond acceptors (Lipinski definition) is 5. The molecule has 0 saturated carbocycles. The molecule has 1 aromatic heterocycles. The Bertz CT molecular complexity index is 667. The molecular weight excluding hydrogens is 333 g/mol. The first-order valence-electron chi connectivity index (χ1n) is 6.59. The first-order valence-corrected chi connectivity index (χ1v) is 6.96. The quantitative estimate of drug-likeness (QED) is 0.776. The van der Waals surface area contributed by atoms with Gasteiger partial charge in [0.1, 0.15) is 18.0 Å². The van der Waals surface area contributed by atoms with Crippen molar-refractivity contribution in [1.29, 1.82) is 0 Å². The Balaban J connectivity index is 2.21. The fourth-order valence-corrected chi connectivity index (χ4v) is 1.97. The van der Waals surface area contributed by atoms with Gasteiger partial charge in [-0.05, 0) is 18.2 Å². The van der Waals surface area contributed by atoms with Gasteiger partial charge in [0.25, 0.3) is 0 Å². The molecule has 0 spiro atoms. The van der Waals surface area contributed by atoms with Gasteiger partial charge >= 0.3 is 6.18 Å². The van der Waals surface area contributed by atoms with Crippen LogP contribution in [0.3, 0.4) is 0 Å². The molecule has 0 aliphatic rings. The molecule has 0 fully saturated rings. The molecule has 5 nitrogen and oxygen atoms in total. The normalized spacial score (nSPS) is 11.3. The molecule has 23 heavy (non-hydrogen) atoms. The van der Waals surface area contributed by atoms with Crippen molar-refractivity contribution in [3.05, 3.63) is 41.2 Å². The minimum atomic E-state index is -4.53. The Morgan fingerprint density at radius 3 is 2.61 bits per heavy atom. The first-order chi connectivity index (χ1) is 10.9. The van der Waals surface area contributed by atoms with Gasteiger partial charge in [-0.3, -0.25) is 0 Å². The number of ether oxygens (including phenoxy) is 1. The van der Waals surface area contributed by atoms with Crippen molar-refractivity contribution in [2.45, 2.75) is 6.18 Å². The van der Waals surface area contributed by atoms with Gasteiger partial charge in [-0.2, -0.15) is 13.2 Å². The number of halogens is 4. The smallest absolute Gasteiger partial charge is 0.383 e. The number of rotatable bonds is 6. The summed E-state index contributed by atoms with van der Waals surface area (Å²) in [5.41, 5.74) is -0.999. The lowest BCUT2D eigenvalue weighted by Gasteiger charge is -2.15. The Kier molecular flexibility index (Phi) is 5.62. The highest BCUT2D eigenvalue weighted by Crippen LogP contribution is 2.37. The predicted octanol–water partition coefficient (Wildman–Crippen LogP) is 3.95. The summed E-state index contributed by atoms with van der Waals surface area (Å²) in [6, 6.07) is 5.00. The highest BCUT2D eigenvalue weighted by atomic mass is 35.5. The third-order valence-corrected chi connectivity index (χ3v) is 3.06. The zero-order valence-electron chi connectivity index (χ0n) is 12.1. The number of aromatic nitrogens is 2. The van der Waals surface area contributed by atoms with Crippen LogP contribution >= 0.6 is 11.6 Å². The number of nitrogens with zero attached hydrogens (tertiary/aromatic N) is 2. The average molecular weight is 347 g/mol. The summed E-state index contributed by atoms with van der Waals surface area (Å²) in [4.78, 5) is 7.89. The summed E-state index contributed by atoms with van der Waals surface area (Å²) < 4.78 is 44.1. The van der Waals surface area contributed by atoms with E-state index in [9.17, 15) is 13.2 Å². The number of nitrogens with one attached hydrogen (secondary N) is 2. The molecule has 0 aliphatic carbocycles. The molecule has 2 rings (SSSR count). The third kappa shape index (κ3) is 4.97. The van der Waals surface area contributed by atoms with E-state index >= 15 is 0 Å². The summed E-state index contributed by atoms with van der Waals surface area (Å²) >= 11 is 5.65. The van der Waals surface area contributed by atoms with Crippen molar-refractivity contribution in [2.75, 3.05) is 30.9 Å². The SMILES string of the molecule is COCCNc1cc(Nc2ccc(Cl)cc2C(F)(F)F)ncn1. The van der Waals surface area contributed by atoms with Crippen LogP contribution in [-0.2, 0) is 10.9 Å².